The first-order chi connectivity index (χ1) is 15.3. The fraction of sp³-hybridized carbons (Fsp3) is 0.481. The molecule has 2 fully saturated rings. The summed E-state index contributed by atoms with van der Waals surface area (Å²) in [6, 6.07) is 20.9. The van der Waals surface area contributed by atoms with Gasteiger partial charge >= 0.3 is 0 Å². The molecule has 2 atom stereocenters. The Morgan fingerprint density at radius 3 is 2.22 bits per heavy atom. The fourth-order valence-electron chi connectivity index (χ4n) is 4.93. The predicted molar refractivity (Wildman–Crippen MR) is 136 cm³/mol. The zero-order chi connectivity index (χ0) is 22.8. The van der Waals surface area contributed by atoms with E-state index in [0.29, 0.717) is 6.61 Å². The number of amidine groups is 1. The van der Waals surface area contributed by atoms with Gasteiger partial charge in [0, 0.05) is 0 Å². The third kappa shape index (κ3) is 4.54. The molecular formula is C27H35N3OS. The number of nitrogens with one attached hydrogen (secondary N) is 1. The van der Waals surface area contributed by atoms with Crippen molar-refractivity contribution in [1.29, 1.82) is 0 Å². The van der Waals surface area contributed by atoms with Gasteiger partial charge in [0.2, 0.25) is 0 Å². The van der Waals surface area contributed by atoms with Gasteiger partial charge < -0.3 is 15.0 Å². The average Bonchev–Trinajstić information content (AvgIpc) is 3.36. The SMILES string of the molecule is C[C@@H](c1ccccc1)N1C(=S)NC(=N[C@@H](COc2ccccc2)C(C)(C)C)C12CCCC2. The lowest BCUT2D eigenvalue weighted by Gasteiger charge is -2.40. The summed E-state index contributed by atoms with van der Waals surface area (Å²) in [5.74, 6) is 1.91. The van der Waals surface area contributed by atoms with Crippen LogP contribution in [0.25, 0.3) is 0 Å². The second-order valence-corrected chi connectivity index (χ2v) is 10.5. The van der Waals surface area contributed by atoms with Crippen molar-refractivity contribution in [3.63, 3.8) is 0 Å². The number of ether oxygens (including phenoxy) is 1. The molecule has 1 aliphatic carbocycles. The standard InChI is InChI=1S/C27H35N3OS/c1-20(21-13-7-5-8-14-21)30-25(32)29-24(27(30)17-11-12-18-27)28-23(26(2,3)4)19-31-22-15-9-6-10-16-22/h5-10,13-16,20,23H,11-12,17-19H2,1-4H3,(H,28,29,32)/t20-,23-/m0/s1. The van der Waals surface area contributed by atoms with Crippen molar-refractivity contribution < 1.29 is 4.74 Å². The lowest BCUT2D eigenvalue weighted by atomic mass is 9.86. The van der Waals surface area contributed by atoms with E-state index in [0.717, 1.165) is 29.5 Å². The Balaban J connectivity index is 1.65. The first kappa shape index (κ1) is 22.8. The van der Waals surface area contributed by atoms with Crippen LogP contribution in [0.4, 0.5) is 0 Å². The smallest absolute Gasteiger partial charge is 0.175 e. The molecule has 1 saturated carbocycles. The third-order valence-corrected chi connectivity index (χ3v) is 7.18. The van der Waals surface area contributed by atoms with Gasteiger partial charge in [-0.25, -0.2) is 0 Å². The lowest BCUT2D eigenvalue weighted by Crippen LogP contribution is -2.49. The van der Waals surface area contributed by atoms with Crippen LogP contribution in [-0.2, 0) is 0 Å². The predicted octanol–water partition coefficient (Wildman–Crippen LogP) is 6.14. The summed E-state index contributed by atoms with van der Waals surface area (Å²) in [6.07, 6.45) is 4.54. The molecule has 0 radical (unpaired) electrons. The largest absolute Gasteiger partial charge is 0.491 e. The highest BCUT2D eigenvalue weighted by molar-refractivity contribution is 7.80. The first-order valence-electron chi connectivity index (χ1n) is 11.7. The summed E-state index contributed by atoms with van der Waals surface area (Å²) < 4.78 is 6.15. The van der Waals surface area contributed by atoms with Crippen molar-refractivity contribution in [3.8, 4) is 5.75 Å². The van der Waals surface area contributed by atoms with E-state index < -0.39 is 0 Å². The number of hydrogen-bond donors (Lipinski definition) is 1. The van der Waals surface area contributed by atoms with Crippen molar-refractivity contribution in [3.05, 3.63) is 66.2 Å². The molecule has 1 saturated heterocycles. The van der Waals surface area contributed by atoms with Crippen molar-refractivity contribution >= 4 is 23.2 Å². The number of thiocarbonyl (C=S) groups is 1. The summed E-state index contributed by atoms with van der Waals surface area (Å²) in [7, 11) is 0. The van der Waals surface area contributed by atoms with Crippen molar-refractivity contribution in [2.24, 2.45) is 10.4 Å². The normalized spacial score (nSPS) is 21.1. The highest BCUT2D eigenvalue weighted by Gasteiger charge is 2.52. The molecule has 4 nitrogen and oxygen atoms in total. The summed E-state index contributed by atoms with van der Waals surface area (Å²) in [5.41, 5.74) is 1.09. The van der Waals surface area contributed by atoms with Gasteiger partial charge in [-0.05, 0) is 55.1 Å². The molecule has 2 aromatic carbocycles. The van der Waals surface area contributed by atoms with E-state index in [2.05, 4.69) is 68.2 Å². The molecule has 5 heteroatoms. The molecule has 1 aliphatic heterocycles. The van der Waals surface area contributed by atoms with Crippen LogP contribution in [0.2, 0.25) is 0 Å². The second-order valence-electron chi connectivity index (χ2n) is 10.1. The maximum atomic E-state index is 6.15. The van der Waals surface area contributed by atoms with Gasteiger partial charge in [-0.2, -0.15) is 0 Å². The summed E-state index contributed by atoms with van der Waals surface area (Å²) in [6.45, 7) is 9.49. The average molecular weight is 450 g/mol. The van der Waals surface area contributed by atoms with Crippen molar-refractivity contribution in [1.82, 2.24) is 10.2 Å². The van der Waals surface area contributed by atoms with Gasteiger partial charge in [-0.1, -0.05) is 82.1 Å². The Hall–Kier alpha value is -2.40. The van der Waals surface area contributed by atoms with Crippen molar-refractivity contribution in [2.45, 2.75) is 71.0 Å². The van der Waals surface area contributed by atoms with E-state index in [1.54, 1.807) is 0 Å². The van der Waals surface area contributed by atoms with Crippen LogP contribution in [0.15, 0.2) is 65.7 Å². The minimum atomic E-state index is -0.150. The van der Waals surface area contributed by atoms with E-state index >= 15 is 0 Å². The summed E-state index contributed by atoms with van der Waals surface area (Å²) >= 11 is 5.89. The number of hydrogen-bond acceptors (Lipinski definition) is 3. The maximum Gasteiger partial charge on any atom is 0.175 e. The minimum Gasteiger partial charge on any atom is -0.491 e. The van der Waals surface area contributed by atoms with Gasteiger partial charge in [0.05, 0.1) is 12.1 Å². The molecule has 0 amide bonds. The number of aliphatic imine (C=N–C) groups is 1. The lowest BCUT2D eigenvalue weighted by molar-refractivity contribution is 0.198. The highest BCUT2D eigenvalue weighted by Crippen LogP contribution is 2.44. The van der Waals surface area contributed by atoms with E-state index in [1.807, 2.05) is 30.3 Å². The number of benzene rings is 2. The summed E-state index contributed by atoms with van der Waals surface area (Å²) in [4.78, 5) is 7.74. The van der Waals surface area contributed by atoms with E-state index in [1.165, 1.54) is 18.4 Å². The first-order valence-corrected chi connectivity index (χ1v) is 12.1. The van der Waals surface area contributed by atoms with Gasteiger partial charge in [0.25, 0.3) is 0 Å². The van der Waals surface area contributed by atoms with Crippen LogP contribution in [0.5, 0.6) is 5.75 Å². The molecular weight excluding hydrogens is 414 g/mol. The van der Waals surface area contributed by atoms with Gasteiger partial charge in [0.15, 0.2) is 5.11 Å². The molecule has 0 unspecified atom stereocenters. The van der Waals surface area contributed by atoms with Crippen LogP contribution in [0.1, 0.15) is 65.0 Å². The Labute approximate surface area is 198 Å². The molecule has 1 N–H and O–H groups in total. The highest BCUT2D eigenvalue weighted by atomic mass is 32.1. The molecule has 2 aromatic rings. The fourth-order valence-corrected chi connectivity index (χ4v) is 5.36. The molecule has 170 valence electrons. The molecule has 32 heavy (non-hydrogen) atoms. The minimum absolute atomic E-state index is 0.0115. The number of para-hydroxylation sites is 1. The zero-order valence-corrected chi connectivity index (χ0v) is 20.5. The molecule has 4 rings (SSSR count). The maximum absolute atomic E-state index is 6.15. The molecule has 2 aliphatic rings. The Kier molecular flexibility index (Phi) is 6.57. The number of rotatable bonds is 6. The Bertz CT molecular complexity index is 946. The monoisotopic (exact) mass is 449 g/mol. The third-order valence-electron chi connectivity index (χ3n) is 6.88. The summed E-state index contributed by atoms with van der Waals surface area (Å²) in [5, 5.41) is 4.33. The molecule has 1 heterocycles. The van der Waals surface area contributed by atoms with E-state index in [-0.39, 0.29) is 23.0 Å². The zero-order valence-electron chi connectivity index (χ0n) is 19.7. The van der Waals surface area contributed by atoms with Crippen LogP contribution >= 0.6 is 12.2 Å². The Morgan fingerprint density at radius 2 is 1.62 bits per heavy atom. The van der Waals surface area contributed by atoms with Gasteiger partial charge in [-0.3, -0.25) is 4.99 Å². The van der Waals surface area contributed by atoms with Gasteiger partial charge in [-0.15, -0.1) is 0 Å². The molecule has 0 bridgehead atoms. The van der Waals surface area contributed by atoms with Crippen LogP contribution in [-0.4, -0.2) is 34.0 Å². The van der Waals surface area contributed by atoms with Crippen molar-refractivity contribution in [2.75, 3.05) is 6.61 Å². The van der Waals surface area contributed by atoms with E-state index in [4.69, 9.17) is 21.9 Å². The second kappa shape index (κ2) is 9.22. The van der Waals surface area contributed by atoms with E-state index in [9.17, 15) is 0 Å². The topological polar surface area (TPSA) is 36.9 Å². The molecule has 1 spiro atoms. The molecule has 0 aromatic heterocycles. The Morgan fingerprint density at radius 1 is 1.03 bits per heavy atom. The van der Waals surface area contributed by atoms with Crippen LogP contribution in [0.3, 0.4) is 0 Å². The van der Waals surface area contributed by atoms with Crippen LogP contribution < -0.4 is 10.1 Å². The van der Waals surface area contributed by atoms with Crippen LogP contribution in [0, 0.1) is 5.41 Å². The quantitative estimate of drug-likeness (QED) is 0.537. The van der Waals surface area contributed by atoms with Gasteiger partial charge in [0.1, 0.15) is 23.7 Å². The number of nitrogens with zero attached hydrogens (tertiary/aromatic N) is 2.